The SMILES string of the molecule is Nc1nnn(CCOc2cc(F)c3c(c2)CC(CNCCC2CN(c4cnc5c(n4)NC(=O)CO5)C(=O)O2)C3)n1. The molecule has 1 fully saturated rings. The summed E-state index contributed by atoms with van der Waals surface area (Å²) in [6, 6.07) is 3.29. The van der Waals surface area contributed by atoms with Crippen LogP contribution in [-0.4, -0.2) is 81.1 Å². The molecule has 210 valence electrons. The van der Waals surface area contributed by atoms with Gasteiger partial charge in [-0.15, -0.1) is 5.10 Å². The number of aromatic nitrogens is 6. The number of halogens is 1. The van der Waals surface area contributed by atoms with Gasteiger partial charge in [0.2, 0.25) is 0 Å². The molecule has 2 atom stereocenters. The largest absolute Gasteiger partial charge is 0.491 e. The van der Waals surface area contributed by atoms with E-state index in [1.165, 1.54) is 22.0 Å². The van der Waals surface area contributed by atoms with Crippen LogP contribution < -0.4 is 30.7 Å². The van der Waals surface area contributed by atoms with Crippen LogP contribution in [0, 0.1) is 11.7 Å². The van der Waals surface area contributed by atoms with E-state index in [0.29, 0.717) is 44.8 Å². The fourth-order valence-corrected chi connectivity index (χ4v) is 4.99. The lowest BCUT2D eigenvalue weighted by Crippen LogP contribution is -2.30. The summed E-state index contributed by atoms with van der Waals surface area (Å²) in [5.41, 5.74) is 7.11. The van der Waals surface area contributed by atoms with E-state index in [2.05, 4.69) is 36.0 Å². The Morgan fingerprint density at radius 1 is 1.27 bits per heavy atom. The van der Waals surface area contributed by atoms with Gasteiger partial charge in [0.15, 0.2) is 18.2 Å². The number of cyclic esters (lactones) is 1. The summed E-state index contributed by atoms with van der Waals surface area (Å²) in [6.07, 6.45) is 2.53. The number of hydrogen-bond acceptors (Lipinski definition) is 12. The van der Waals surface area contributed by atoms with Crippen LogP contribution in [0.25, 0.3) is 0 Å². The molecule has 2 aromatic heterocycles. The molecule has 1 saturated heterocycles. The zero-order chi connectivity index (χ0) is 27.6. The van der Waals surface area contributed by atoms with Crippen molar-refractivity contribution < 1.29 is 28.2 Å². The third kappa shape index (κ3) is 5.56. The smallest absolute Gasteiger partial charge is 0.415 e. The highest BCUT2D eigenvalue weighted by Crippen LogP contribution is 2.32. The first-order valence-corrected chi connectivity index (χ1v) is 12.9. The summed E-state index contributed by atoms with van der Waals surface area (Å²) in [4.78, 5) is 35.1. The molecule has 40 heavy (non-hydrogen) atoms. The number of nitrogens with zero attached hydrogens (tertiary/aromatic N) is 7. The molecule has 3 aromatic rings. The Morgan fingerprint density at radius 2 is 2.17 bits per heavy atom. The number of carbonyl (C=O) groups is 2. The minimum atomic E-state index is -0.524. The number of nitrogens with one attached hydrogen (secondary N) is 2. The number of benzene rings is 1. The Morgan fingerprint density at radius 3 is 3.02 bits per heavy atom. The molecule has 0 radical (unpaired) electrons. The van der Waals surface area contributed by atoms with E-state index in [1.807, 2.05) is 6.07 Å². The first-order valence-electron chi connectivity index (χ1n) is 12.9. The average Bonchev–Trinajstić information content (AvgIpc) is 3.64. The van der Waals surface area contributed by atoms with E-state index in [4.69, 9.17) is 19.9 Å². The second-order valence-electron chi connectivity index (χ2n) is 9.74. The van der Waals surface area contributed by atoms with Gasteiger partial charge in [0.05, 0.1) is 19.3 Å². The average molecular weight is 555 g/mol. The van der Waals surface area contributed by atoms with E-state index in [1.54, 1.807) is 0 Å². The number of ether oxygens (including phenoxy) is 3. The van der Waals surface area contributed by atoms with Gasteiger partial charge in [0, 0.05) is 6.07 Å². The summed E-state index contributed by atoms with van der Waals surface area (Å²) in [7, 11) is 0. The topological polar surface area (TPSA) is 185 Å². The Balaban J connectivity index is 0.945. The molecule has 0 bridgehead atoms. The molecule has 2 amide bonds. The standard InChI is InChI=1S/C24H27FN10O5/c25-18-8-16(38-4-3-35-32-23(26)31-33-35)7-14-5-13(6-17(14)18)9-27-2-1-15-11-34(24(37)40-15)19-10-28-22-21(29-19)30-20(36)12-39-22/h7-8,10,13,15,27H,1-6,9,11-12H2,(H2,26,32)(H,29,30,36). The van der Waals surface area contributed by atoms with Gasteiger partial charge < -0.3 is 30.6 Å². The third-order valence-electron chi connectivity index (χ3n) is 6.84. The van der Waals surface area contributed by atoms with Crippen LogP contribution in [0.15, 0.2) is 18.3 Å². The van der Waals surface area contributed by atoms with Gasteiger partial charge >= 0.3 is 6.09 Å². The minimum Gasteiger partial charge on any atom is -0.491 e. The predicted molar refractivity (Wildman–Crippen MR) is 136 cm³/mol. The van der Waals surface area contributed by atoms with Crippen LogP contribution in [0.2, 0.25) is 0 Å². The maximum atomic E-state index is 14.7. The first kappa shape index (κ1) is 25.7. The minimum absolute atomic E-state index is 0.0859. The van der Waals surface area contributed by atoms with Crippen molar-refractivity contribution in [2.75, 3.05) is 48.8 Å². The number of amides is 2. The van der Waals surface area contributed by atoms with Crippen molar-refractivity contribution in [1.82, 2.24) is 35.5 Å². The number of nitrogen functional groups attached to an aromatic ring is 1. The number of carbonyl (C=O) groups excluding carboxylic acids is 2. The van der Waals surface area contributed by atoms with Crippen molar-refractivity contribution in [1.29, 1.82) is 0 Å². The Labute approximate surface area is 227 Å². The van der Waals surface area contributed by atoms with Gasteiger partial charge in [-0.05, 0) is 60.7 Å². The van der Waals surface area contributed by atoms with E-state index in [0.717, 1.165) is 17.5 Å². The molecular formula is C24H27FN10O5. The van der Waals surface area contributed by atoms with E-state index in [9.17, 15) is 14.0 Å². The molecule has 1 aliphatic carbocycles. The monoisotopic (exact) mass is 554 g/mol. The second-order valence-corrected chi connectivity index (χ2v) is 9.74. The summed E-state index contributed by atoms with van der Waals surface area (Å²) in [6.45, 7) is 2.11. The maximum absolute atomic E-state index is 14.7. The summed E-state index contributed by atoms with van der Waals surface area (Å²) in [5, 5.41) is 17.2. The molecule has 0 spiro atoms. The number of rotatable bonds is 10. The Hall–Kier alpha value is -4.60. The molecule has 6 rings (SSSR count). The molecule has 0 saturated carbocycles. The zero-order valence-corrected chi connectivity index (χ0v) is 21.4. The fraction of sp³-hybridized carbons (Fsp3) is 0.458. The zero-order valence-electron chi connectivity index (χ0n) is 21.4. The van der Waals surface area contributed by atoms with Gasteiger partial charge in [0.1, 0.15) is 24.3 Å². The molecule has 2 aliphatic heterocycles. The van der Waals surface area contributed by atoms with E-state index >= 15 is 0 Å². The summed E-state index contributed by atoms with van der Waals surface area (Å²) < 4.78 is 31.1. The number of fused-ring (bicyclic) bond motifs is 2. The lowest BCUT2D eigenvalue weighted by Gasteiger charge is -2.18. The molecule has 16 heteroatoms. The van der Waals surface area contributed by atoms with E-state index in [-0.39, 0.29) is 60.4 Å². The van der Waals surface area contributed by atoms with Crippen molar-refractivity contribution in [2.45, 2.75) is 31.9 Å². The predicted octanol–water partition coefficient (Wildman–Crippen LogP) is 0.314. The number of tetrazole rings is 1. The molecule has 3 aliphatic rings. The van der Waals surface area contributed by atoms with Crippen molar-refractivity contribution in [2.24, 2.45) is 5.92 Å². The van der Waals surface area contributed by atoms with Gasteiger partial charge in [-0.3, -0.25) is 9.69 Å². The van der Waals surface area contributed by atoms with Gasteiger partial charge in [-0.25, -0.2) is 19.2 Å². The number of hydrogen-bond donors (Lipinski definition) is 3. The summed E-state index contributed by atoms with van der Waals surface area (Å²) >= 11 is 0. The Bertz CT molecular complexity index is 1440. The van der Waals surface area contributed by atoms with Crippen molar-refractivity contribution in [3.63, 3.8) is 0 Å². The second kappa shape index (κ2) is 10.9. The highest BCUT2D eigenvalue weighted by atomic mass is 19.1. The lowest BCUT2D eigenvalue weighted by atomic mass is 10.1. The normalized spacial score (nSPS) is 19.6. The highest BCUT2D eigenvalue weighted by Gasteiger charge is 2.34. The Kier molecular flexibility index (Phi) is 6.98. The van der Waals surface area contributed by atoms with Crippen molar-refractivity contribution >= 4 is 29.6 Å². The van der Waals surface area contributed by atoms with Crippen LogP contribution >= 0.6 is 0 Å². The fourth-order valence-electron chi connectivity index (χ4n) is 4.99. The van der Waals surface area contributed by atoms with Gasteiger partial charge in [0.25, 0.3) is 17.7 Å². The molecule has 4 N–H and O–H groups in total. The quantitative estimate of drug-likeness (QED) is 0.292. The molecule has 1 aromatic carbocycles. The summed E-state index contributed by atoms with van der Waals surface area (Å²) in [5.74, 6) is 0.846. The first-order chi connectivity index (χ1) is 19.4. The maximum Gasteiger partial charge on any atom is 0.415 e. The van der Waals surface area contributed by atoms with Crippen molar-refractivity contribution in [3.8, 4) is 11.6 Å². The number of anilines is 3. The lowest BCUT2D eigenvalue weighted by molar-refractivity contribution is -0.118. The van der Waals surface area contributed by atoms with Gasteiger partial charge in [-0.1, -0.05) is 5.10 Å². The van der Waals surface area contributed by atoms with Crippen LogP contribution in [-0.2, 0) is 28.9 Å². The molecule has 4 heterocycles. The van der Waals surface area contributed by atoms with Crippen LogP contribution in [0.4, 0.5) is 26.8 Å². The van der Waals surface area contributed by atoms with Crippen LogP contribution in [0.5, 0.6) is 11.6 Å². The number of nitrogens with two attached hydrogens (primary N) is 1. The van der Waals surface area contributed by atoms with Gasteiger partial charge in [-0.2, -0.15) is 4.80 Å². The molecule has 15 nitrogen and oxygen atoms in total. The van der Waals surface area contributed by atoms with Crippen LogP contribution in [0.1, 0.15) is 17.5 Å². The van der Waals surface area contributed by atoms with Crippen LogP contribution in [0.3, 0.4) is 0 Å². The molecule has 2 unspecified atom stereocenters. The molecular weight excluding hydrogens is 527 g/mol. The van der Waals surface area contributed by atoms with Crippen molar-refractivity contribution in [3.05, 3.63) is 35.3 Å². The highest BCUT2D eigenvalue weighted by molar-refractivity contribution is 5.94. The van der Waals surface area contributed by atoms with E-state index < -0.39 is 6.09 Å². The third-order valence-corrected chi connectivity index (χ3v) is 6.84.